The Morgan fingerprint density at radius 1 is 1.21 bits per heavy atom. The maximum Gasteiger partial charge on any atom is 0.249 e. The van der Waals surface area contributed by atoms with Crippen molar-refractivity contribution in [2.24, 2.45) is 0 Å². The van der Waals surface area contributed by atoms with E-state index in [2.05, 4.69) is 32.9 Å². The molecule has 1 aliphatic heterocycles. The fourth-order valence-corrected chi connectivity index (χ4v) is 2.14. The highest BCUT2D eigenvalue weighted by molar-refractivity contribution is 6.02. The Bertz CT molecular complexity index is 499. The molecule has 1 aliphatic rings. The lowest BCUT2D eigenvalue weighted by molar-refractivity contribution is -0.125. The van der Waals surface area contributed by atoms with Crippen molar-refractivity contribution in [2.75, 3.05) is 13.6 Å². The van der Waals surface area contributed by atoms with E-state index in [9.17, 15) is 4.79 Å². The van der Waals surface area contributed by atoms with Crippen LogP contribution in [-0.2, 0) is 16.8 Å². The third kappa shape index (κ3) is 2.78. The highest BCUT2D eigenvalue weighted by atomic mass is 16.2. The zero-order valence-corrected chi connectivity index (χ0v) is 12.0. The van der Waals surface area contributed by atoms with Crippen molar-refractivity contribution >= 4 is 11.9 Å². The second-order valence-electron chi connectivity index (χ2n) is 6.11. The summed E-state index contributed by atoms with van der Waals surface area (Å²) in [7, 11) is 1.77. The molecule has 1 amide bonds. The van der Waals surface area contributed by atoms with Crippen molar-refractivity contribution in [1.29, 1.82) is 5.41 Å². The topological polar surface area (TPSA) is 47.4 Å². The van der Waals surface area contributed by atoms with E-state index < -0.39 is 0 Å². The minimum absolute atomic E-state index is 0.00704. The van der Waals surface area contributed by atoms with Crippen LogP contribution in [0, 0.1) is 5.41 Å². The average molecular weight is 259 g/mol. The molecule has 0 aromatic heterocycles. The van der Waals surface area contributed by atoms with Gasteiger partial charge in [0.1, 0.15) is 0 Å². The predicted octanol–water partition coefficient (Wildman–Crippen LogP) is 2.19. The van der Waals surface area contributed by atoms with E-state index in [1.807, 2.05) is 12.1 Å². The fraction of sp³-hybridized carbons (Fsp3) is 0.467. The molecule has 0 saturated carbocycles. The molecule has 1 aromatic carbocycles. The number of guanidine groups is 1. The number of likely N-dealkylation sites (N-methyl/N-ethyl adjacent to an activating group) is 1. The van der Waals surface area contributed by atoms with Crippen LogP contribution in [0.1, 0.15) is 31.9 Å². The Kier molecular flexibility index (Phi) is 3.35. The van der Waals surface area contributed by atoms with Crippen molar-refractivity contribution in [3.8, 4) is 0 Å². The maximum atomic E-state index is 11.8. The van der Waals surface area contributed by atoms with Crippen LogP contribution in [0.2, 0.25) is 0 Å². The molecule has 0 radical (unpaired) electrons. The molecule has 0 bridgehead atoms. The second kappa shape index (κ2) is 4.68. The van der Waals surface area contributed by atoms with Crippen LogP contribution in [0.3, 0.4) is 0 Å². The van der Waals surface area contributed by atoms with Gasteiger partial charge in [0, 0.05) is 7.05 Å². The van der Waals surface area contributed by atoms with E-state index in [0.29, 0.717) is 13.1 Å². The van der Waals surface area contributed by atoms with Gasteiger partial charge in [-0.1, -0.05) is 45.0 Å². The number of benzene rings is 1. The van der Waals surface area contributed by atoms with E-state index in [1.165, 1.54) is 10.5 Å². The minimum atomic E-state index is -0.00704. The van der Waals surface area contributed by atoms with E-state index in [0.717, 1.165) is 5.56 Å². The number of rotatable bonds is 2. The molecule has 1 fully saturated rings. The zero-order valence-electron chi connectivity index (χ0n) is 12.0. The molecule has 0 aliphatic carbocycles. The van der Waals surface area contributed by atoms with Gasteiger partial charge in [0.05, 0.1) is 13.1 Å². The first-order chi connectivity index (χ1) is 8.79. The van der Waals surface area contributed by atoms with Crippen LogP contribution < -0.4 is 0 Å². The van der Waals surface area contributed by atoms with E-state index >= 15 is 0 Å². The van der Waals surface area contributed by atoms with Crippen molar-refractivity contribution in [2.45, 2.75) is 32.7 Å². The first-order valence-electron chi connectivity index (χ1n) is 6.48. The standard InChI is InChI=1S/C15H21N3O/c1-15(2,3)12-7-5-11(6-8-12)9-18-13(19)10-17(4)14(18)16/h5-8,16H,9-10H2,1-4H3. The van der Waals surface area contributed by atoms with Crippen LogP contribution in [0.5, 0.6) is 0 Å². The molecule has 1 saturated heterocycles. The molecule has 0 atom stereocenters. The number of carbonyl (C=O) groups is 1. The zero-order chi connectivity index (χ0) is 14.2. The van der Waals surface area contributed by atoms with Gasteiger partial charge in [0.2, 0.25) is 11.9 Å². The number of nitrogens with zero attached hydrogens (tertiary/aromatic N) is 2. The first-order valence-corrected chi connectivity index (χ1v) is 6.48. The highest BCUT2D eigenvalue weighted by Gasteiger charge is 2.30. The predicted molar refractivity (Wildman–Crippen MR) is 76.0 cm³/mol. The van der Waals surface area contributed by atoms with E-state index in [1.54, 1.807) is 11.9 Å². The Balaban J connectivity index is 2.12. The van der Waals surface area contributed by atoms with Crippen LogP contribution in [-0.4, -0.2) is 35.3 Å². The molecular formula is C15H21N3O. The summed E-state index contributed by atoms with van der Waals surface area (Å²) in [5, 5.41) is 7.86. The summed E-state index contributed by atoms with van der Waals surface area (Å²) in [4.78, 5) is 14.9. The van der Waals surface area contributed by atoms with Gasteiger partial charge in [-0.3, -0.25) is 15.1 Å². The number of carbonyl (C=O) groups excluding carboxylic acids is 1. The molecule has 1 N–H and O–H groups in total. The van der Waals surface area contributed by atoms with Gasteiger partial charge in [-0.2, -0.15) is 0 Å². The molecule has 0 unspecified atom stereocenters. The third-order valence-electron chi connectivity index (χ3n) is 3.45. The Morgan fingerprint density at radius 2 is 1.79 bits per heavy atom. The smallest absolute Gasteiger partial charge is 0.249 e. The van der Waals surface area contributed by atoms with Gasteiger partial charge < -0.3 is 4.90 Å². The number of hydrogen-bond donors (Lipinski definition) is 1. The fourth-order valence-electron chi connectivity index (χ4n) is 2.14. The van der Waals surface area contributed by atoms with Crippen LogP contribution in [0.25, 0.3) is 0 Å². The molecule has 2 rings (SSSR count). The molecule has 0 spiro atoms. The van der Waals surface area contributed by atoms with Gasteiger partial charge in [0.15, 0.2) is 0 Å². The molecule has 4 nitrogen and oxygen atoms in total. The quantitative estimate of drug-likeness (QED) is 0.885. The first kappa shape index (κ1) is 13.6. The maximum absolute atomic E-state index is 11.8. The lowest BCUT2D eigenvalue weighted by Gasteiger charge is -2.20. The monoisotopic (exact) mass is 259 g/mol. The third-order valence-corrected chi connectivity index (χ3v) is 3.45. The van der Waals surface area contributed by atoms with Crippen LogP contribution in [0.4, 0.5) is 0 Å². The van der Waals surface area contributed by atoms with Gasteiger partial charge >= 0.3 is 0 Å². The second-order valence-corrected chi connectivity index (χ2v) is 6.11. The average Bonchev–Trinajstić information content (AvgIpc) is 2.56. The normalized spacial score (nSPS) is 16.4. The largest absolute Gasteiger partial charge is 0.336 e. The molecule has 102 valence electrons. The lowest BCUT2D eigenvalue weighted by atomic mass is 9.87. The van der Waals surface area contributed by atoms with Crippen molar-refractivity contribution in [1.82, 2.24) is 9.80 Å². The van der Waals surface area contributed by atoms with Crippen molar-refractivity contribution in [3.63, 3.8) is 0 Å². The van der Waals surface area contributed by atoms with Crippen LogP contribution >= 0.6 is 0 Å². The molecule has 19 heavy (non-hydrogen) atoms. The van der Waals surface area contributed by atoms with Crippen molar-refractivity contribution < 1.29 is 4.79 Å². The molecular weight excluding hydrogens is 238 g/mol. The summed E-state index contributed by atoms with van der Waals surface area (Å²) in [6.45, 7) is 7.31. The van der Waals surface area contributed by atoms with Crippen molar-refractivity contribution in [3.05, 3.63) is 35.4 Å². The summed E-state index contributed by atoms with van der Waals surface area (Å²) in [6.07, 6.45) is 0. The molecule has 4 heteroatoms. The van der Waals surface area contributed by atoms with E-state index in [4.69, 9.17) is 5.41 Å². The summed E-state index contributed by atoms with van der Waals surface area (Å²) in [6, 6.07) is 8.28. The Labute approximate surface area is 114 Å². The number of hydrogen-bond acceptors (Lipinski definition) is 2. The highest BCUT2D eigenvalue weighted by Crippen LogP contribution is 2.23. The molecule has 1 aromatic rings. The summed E-state index contributed by atoms with van der Waals surface area (Å²) >= 11 is 0. The van der Waals surface area contributed by atoms with Crippen LogP contribution in [0.15, 0.2) is 24.3 Å². The summed E-state index contributed by atoms with van der Waals surface area (Å²) < 4.78 is 0. The minimum Gasteiger partial charge on any atom is -0.336 e. The summed E-state index contributed by atoms with van der Waals surface area (Å²) in [5.41, 5.74) is 2.46. The molecule has 1 heterocycles. The number of amides is 1. The SMILES string of the molecule is CN1CC(=O)N(Cc2ccc(C(C)(C)C)cc2)C1=N. The van der Waals surface area contributed by atoms with Gasteiger partial charge in [-0.15, -0.1) is 0 Å². The lowest BCUT2D eigenvalue weighted by Crippen LogP contribution is -2.31. The summed E-state index contributed by atoms with van der Waals surface area (Å²) in [5.74, 6) is 0.275. The van der Waals surface area contributed by atoms with E-state index in [-0.39, 0.29) is 17.3 Å². The van der Waals surface area contributed by atoms with Gasteiger partial charge in [-0.25, -0.2) is 0 Å². The number of nitrogens with one attached hydrogen (secondary N) is 1. The van der Waals surface area contributed by atoms with Gasteiger partial charge in [0.25, 0.3) is 0 Å². The Hall–Kier alpha value is -1.84. The van der Waals surface area contributed by atoms with Gasteiger partial charge in [-0.05, 0) is 16.5 Å². The Morgan fingerprint density at radius 3 is 2.21 bits per heavy atom.